The lowest BCUT2D eigenvalue weighted by Gasteiger charge is -2.29. The molecule has 0 aliphatic carbocycles. The van der Waals surface area contributed by atoms with Gasteiger partial charge in [0.2, 0.25) is 0 Å². The predicted molar refractivity (Wildman–Crippen MR) is 105 cm³/mol. The van der Waals surface area contributed by atoms with Crippen molar-refractivity contribution in [1.82, 2.24) is 4.90 Å². The highest BCUT2D eigenvalue weighted by molar-refractivity contribution is 5.68. The van der Waals surface area contributed by atoms with E-state index in [2.05, 4.69) is 11.8 Å². The Labute approximate surface area is 152 Å². The average Bonchev–Trinajstić information content (AvgIpc) is 2.60. The largest absolute Gasteiger partial charge is 0.444 e. The van der Waals surface area contributed by atoms with Gasteiger partial charge in [-0.05, 0) is 59.1 Å². The molecule has 5 nitrogen and oxygen atoms in total. The number of rotatable bonds is 3. The van der Waals surface area contributed by atoms with Crippen LogP contribution in [0.1, 0.15) is 47.0 Å². The fraction of sp³-hybridized carbons (Fsp3) is 0.500. The van der Waals surface area contributed by atoms with Gasteiger partial charge in [-0.3, -0.25) is 0 Å². The van der Waals surface area contributed by atoms with Gasteiger partial charge in [0, 0.05) is 26.0 Å². The molecule has 1 saturated heterocycles. The Bertz CT molecular complexity index is 544. The molecule has 0 atom stereocenters. The summed E-state index contributed by atoms with van der Waals surface area (Å²) < 4.78 is 5.26. The quantitative estimate of drug-likeness (QED) is 0.569. The smallest absolute Gasteiger partial charge is 0.410 e. The number of likely N-dealkylation sites (tertiary alicyclic amines) is 1. The standard InChI is InChI=1S/C10H12N2.C10H19NO2/c1-3-9-12(11-2)10-7-5-4-6-8-10;1-10(2,3)13-9(12)11-7-5-4-6-8-11/h3-9H,2H2,1H3;4-8H2,1-3H3/b9-3-;. The van der Waals surface area contributed by atoms with Crippen LogP contribution in [0, 0.1) is 0 Å². The van der Waals surface area contributed by atoms with Crippen LogP contribution in [-0.4, -0.2) is 36.4 Å². The number of hydrogen-bond acceptors (Lipinski definition) is 4. The second-order valence-electron chi connectivity index (χ2n) is 6.83. The van der Waals surface area contributed by atoms with E-state index in [1.807, 2.05) is 70.3 Å². The second-order valence-corrected chi connectivity index (χ2v) is 6.83. The monoisotopic (exact) mass is 345 g/mol. The van der Waals surface area contributed by atoms with E-state index in [4.69, 9.17) is 4.74 Å². The summed E-state index contributed by atoms with van der Waals surface area (Å²) in [6.45, 7) is 12.8. The summed E-state index contributed by atoms with van der Waals surface area (Å²) in [5.41, 5.74) is 0.653. The first-order chi connectivity index (χ1) is 11.9. The maximum atomic E-state index is 11.5. The SMILES string of the molecule is C=NN(/C=C\C)c1ccccc1.CC(C)(C)OC(=O)N1CCCCC1. The number of carbonyl (C=O) groups excluding carboxylic acids is 1. The topological polar surface area (TPSA) is 45.1 Å². The van der Waals surface area contributed by atoms with Gasteiger partial charge in [0.25, 0.3) is 0 Å². The predicted octanol–water partition coefficient (Wildman–Crippen LogP) is 5.05. The molecule has 1 aromatic carbocycles. The number of carbonyl (C=O) groups is 1. The second kappa shape index (κ2) is 10.5. The van der Waals surface area contributed by atoms with Crippen LogP contribution in [0.15, 0.2) is 47.7 Å². The van der Waals surface area contributed by atoms with E-state index in [1.54, 1.807) is 9.91 Å². The van der Waals surface area contributed by atoms with E-state index in [-0.39, 0.29) is 11.7 Å². The van der Waals surface area contributed by atoms with Crippen LogP contribution in [0.5, 0.6) is 0 Å². The summed E-state index contributed by atoms with van der Waals surface area (Å²) in [6, 6.07) is 9.87. The Morgan fingerprint density at radius 1 is 1.20 bits per heavy atom. The molecule has 0 bridgehead atoms. The van der Waals surface area contributed by atoms with Gasteiger partial charge in [-0.2, -0.15) is 5.10 Å². The first-order valence-corrected chi connectivity index (χ1v) is 8.79. The van der Waals surface area contributed by atoms with E-state index in [0.29, 0.717) is 0 Å². The summed E-state index contributed by atoms with van der Waals surface area (Å²) in [6.07, 6.45) is 7.08. The molecule has 25 heavy (non-hydrogen) atoms. The number of piperidine rings is 1. The van der Waals surface area contributed by atoms with Crippen molar-refractivity contribution in [3.05, 3.63) is 42.6 Å². The number of benzene rings is 1. The van der Waals surface area contributed by atoms with E-state index >= 15 is 0 Å². The van der Waals surface area contributed by atoms with Gasteiger partial charge in [0.1, 0.15) is 5.60 Å². The highest BCUT2D eigenvalue weighted by atomic mass is 16.6. The summed E-state index contributed by atoms with van der Waals surface area (Å²) >= 11 is 0. The lowest BCUT2D eigenvalue weighted by Crippen LogP contribution is -2.39. The molecule has 1 heterocycles. The van der Waals surface area contributed by atoms with Crippen molar-refractivity contribution in [3.63, 3.8) is 0 Å². The van der Waals surface area contributed by atoms with Crippen molar-refractivity contribution in [3.8, 4) is 0 Å². The molecule has 1 amide bonds. The van der Waals surface area contributed by atoms with Crippen molar-refractivity contribution in [2.75, 3.05) is 18.1 Å². The zero-order valence-electron chi connectivity index (χ0n) is 15.9. The summed E-state index contributed by atoms with van der Waals surface area (Å²) in [7, 11) is 0. The van der Waals surface area contributed by atoms with Crippen molar-refractivity contribution in [2.24, 2.45) is 5.10 Å². The number of para-hydroxylation sites is 1. The summed E-state index contributed by atoms with van der Waals surface area (Å²) in [4.78, 5) is 13.3. The normalized spacial score (nSPS) is 14.5. The van der Waals surface area contributed by atoms with Crippen molar-refractivity contribution in [1.29, 1.82) is 0 Å². The molecule has 0 N–H and O–H groups in total. The third-order valence-electron chi connectivity index (χ3n) is 3.47. The number of hydrogen-bond donors (Lipinski definition) is 0. The van der Waals surface area contributed by atoms with Crippen LogP contribution in [-0.2, 0) is 4.74 Å². The molecule has 1 fully saturated rings. The Kier molecular flexibility index (Phi) is 8.75. The Morgan fingerprint density at radius 2 is 1.80 bits per heavy atom. The highest BCUT2D eigenvalue weighted by Gasteiger charge is 2.22. The molecule has 2 rings (SSSR count). The molecular weight excluding hydrogens is 314 g/mol. The molecule has 1 aromatic rings. The van der Waals surface area contributed by atoms with Gasteiger partial charge >= 0.3 is 6.09 Å². The molecule has 1 aliphatic rings. The zero-order chi connectivity index (χ0) is 18.7. The first-order valence-electron chi connectivity index (χ1n) is 8.79. The minimum absolute atomic E-state index is 0.160. The maximum absolute atomic E-state index is 11.5. The van der Waals surface area contributed by atoms with Crippen molar-refractivity contribution < 1.29 is 9.53 Å². The van der Waals surface area contributed by atoms with Crippen molar-refractivity contribution >= 4 is 18.5 Å². The summed E-state index contributed by atoms with van der Waals surface area (Å²) in [5, 5.41) is 5.57. The van der Waals surface area contributed by atoms with Crippen LogP contribution in [0.25, 0.3) is 0 Å². The molecule has 1 aliphatic heterocycles. The van der Waals surface area contributed by atoms with Gasteiger partial charge in [-0.25, -0.2) is 9.80 Å². The van der Waals surface area contributed by atoms with Gasteiger partial charge in [-0.15, -0.1) is 0 Å². The van der Waals surface area contributed by atoms with Crippen molar-refractivity contribution in [2.45, 2.75) is 52.6 Å². The summed E-state index contributed by atoms with van der Waals surface area (Å²) in [5.74, 6) is 0. The van der Waals surface area contributed by atoms with E-state index in [1.165, 1.54) is 6.42 Å². The Balaban J connectivity index is 0.000000251. The highest BCUT2D eigenvalue weighted by Crippen LogP contribution is 2.14. The average molecular weight is 345 g/mol. The van der Waals surface area contributed by atoms with Crippen LogP contribution in [0.2, 0.25) is 0 Å². The molecule has 0 aromatic heterocycles. The third kappa shape index (κ3) is 8.38. The van der Waals surface area contributed by atoms with Gasteiger partial charge in [0.05, 0.1) is 5.69 Å². The van der Waals surface area contributed by atoms with Gasteiger partial charge in [0.15, 0.2) is 0 Å². The lowest BCUT2D eigenvalue weighted by molar-refractivity contribution is 0.0216. The molecule has 0 radical (unpaired) electrons. The number of ether oxygens (including phenoxy) is 1. The lowest BCUT2D eigenvalue weighted by atomic mass is 10.1. The number of anilines is 1. The van der Waals surface area contributed by atoms with Crippen LogP contribution >= 0.6 is 0 Å². The fourth-order valence-electron chi connectivity index (χ4n) is 2.34. The minimum Gasteiger partial charge on any atom is -0.444 e. The Morgan fingerprint density at radius 3 is 2.28 bits per heavy atom. The van der Waals surface area contributed by atoms with Crippen LogP contribution in [0.4, 0.5) is 10.5 Å². The molecular formula is C20H31N3O2. The van der Waals surface area contributed by atoms with Crippen LogP contribution in [0.3, 0.4) is 0 Å². The molecule has 5 heteroatoms. The molecule has 0 unspecified atom stereocenters. The van der Waals surface area contributed by atoms with Crippen LogP contribution < -0.4 is 5.01 Å². The first kappa shape index (κ1) is 20.7. The number of hydrazone groups is 1. The molecule has 0 saturated carbocycles. The number of nitrogens with zero attached hydrogens (tertiary/aromatic N) is 3. The van der Waals surface area contributed by atoms with Gasteiger partial charge in [-0.1, -0.05) is 24.3 Å². The van der Waals surface area contributed by atoms with E-state index in [9.17, 15) is 4.79 Å². The van der Waals surface area contributed by atoms with E-state index in [0.717, 1.165) is 31.6 Å². The number of amides is 1. The fourth-order valence-corrected chi connectivity index (χ4v) is 2.34. The third-order valence-corrected chi connectivity index (χ3v) is 3.47. The molecule has 0 spiro atoms. The minimum atomic E-state index is -0.367. The zero-order valence-corrected chi connectivity index (χ0v) is 15.9. The van der Waals surface area contributed by atoms with E-state index < -0.39 is 0 Å². The maximum Gasteiger partial charge on any atom is 0.410 e. The Hall–Kier alpha value is -2.30. The molecule has 138 valence electrons. The number of allylic oxidation sites excluding steroid dienone is 1. The van der Waals surface area contributed by atoms with Gasteiger partial charge < -0.3 is 9.64 Å².